The molecule has 0 saturated carbocycles. The fraction of sp³-hybridized carbons (Fsp3) is 0.0606. The maximum atomic E-state index is 5.48. The van der Waals surface area contributed by atoms with Gasteiger partial charge in [0.1, 0.15) is 0 Å². The van der Waals surface area contributed by atoms with Gasteiger partial charge < -0.3 is 13.7 Å². The third-order valence-corrected chi connectivity index (χ3v) is 23.5. The average Bonchev–Trinajstić information content (AvgIpc) is 1.58. The Kier molecular flexibility index (Phi) is 12.8. The van der Waals surface area contributed by atoms with Crippen molar-refractivity contribution < 1.29 is 0 Å². The summed E-state index contributed by atoms with van der Waals surface area (Å²) in [6.07, 6.45) is 0. The predicted octanol–water partition coefficient (Wildman–Crippen LogP) is 25.2. The lowest BCUT2D eigenvalue weighted by molar-refractivity contribution is 0.660. The van der Waals surface area contributed by atoms with E-state index < -0.39 is 0 Å². The summed E-state index contributed by atoms with van der Waals surface area (Å²) in [7, 11) is 0. The molecule has 106 heavy (non-hydrogen) atoms. The van der Waals surface area contributed by atoms with Gasteiger partial charge in [0.25, 0.3) is 0 Å². The van der Waals surface area contributed by atoms with E-state index in [1.54, 1.807) is 0 Å². The summed E-state index contributed by atoms with van der Waals surface area (Å²) in [5.41, 5.74) is 31.7. The van der Waals surface area contributed by atoms with Gasteiger partial charge in [-0.3, -0.25) is 4.57 Å². The first-order chi connectivity index (χ1) is 52.1. The van der Waals surface area contributed by atoms with Gasteiger partial charge in [-0.05, 0) is 199 Å². The summed E-state index contributed by atoms with van der Waals surface area (Å²) < 4.78 is 9.52. The van der Waals surface area contributed by atoms with E-state index in [2.05, 4.69) is 380 Å². The zero-order valence-electron chi connectivity index (χ0n) is 58.9. The quantitative estimate of drug-likeness (QED) is 0.145. The first-order valence-corrected chi connectivity index (χ1v) is 36.7. The van der Waals surface area contributed by atoms with Crippen LogP contribution in [0, 0.1) is 0 Å². The molecular formula is C99H67N7. The Morgan fingerprint density at radius 2 is 0.491 bits per heavy atom. The second-order valence-corrected chi connectivity index (χ2v) is 29.9. The van der Waals surface area contributed by atoms with Crippen LogP contribution in [0.25, 0.3) is 189 Å². The molecule has 15 aromatic carbocycles. The zero-order valence-corrected chi connectivity index (χ0v) is 58.9. The predicted molar refractivity (Wildman–Crippen MR) is 439 cm³/mol. The van der Waals surface area contributed by atoms with Crippen molar-refractivity contribution >= 4 is 87.2 Å². The van der Waals surface area contributed by atoms with Crippen LogP contribution in [0.4, 0.5) is 0 Å². The minimum absolute atomic E-state index is 0.102. The highest BCUT2D eigenvalue weighted by Gasteiger charge is 2.37. The van der Waals surface area contributed by atoms with E-state index in [1.165, 1.54) is 121 Å². The van der Waals surface area contributed by atoms with Crippen LogP contribution in [0.5, 0.6) is 0 Å². The van der Waals surface area contributed by atoms with Crippen molar-refractivity contribution in [2.45, 2.75) is 38.5 Å². The van der Waals surface area contributed by atoms with Crippen molar-refractivity contribution in [3.8, 4) is 101 Å². The fourth-order valence-electron chi connectivity index (χ4n) is 18.2. The molecule has 0 unspecified atom stereocenters. The summed E-state index contributed by atoms with van der Waals surface area (Å²) in [4.78, 5) is 16.3. The van der Waals surface area contributed by atoms with Gasteiger partial charge in [0.05, 0.1) is 44.1 Å². The Morgan fingerprint density at radius 3 is 0.915 bits per heavy atom. The Balaban J connectivity index is 0.631. The van der Waals surface area contributed by atoms with E-state index in [4.69, 9.17) is 15.0 Å². The van der Waals surface area contributed by atoms with E-state index in [1.807, 2.05) is 0 Å². The van der Waals surface area contributed by atoms with E-state index >= 15 is 0 Å². The lowest BCUT2D eigenvalue weighted by atomic mass is 9.82. The maximum absolute atomic E-state index is 5.48. The second kappa shape index (κ2) is 22.5. The van der Waals surface area contributed by atoms with Gasteiger partial charge in [-0.1, -0.05) is 240 Å². The molecule has 0 bridgehead atoms. The molecule has 0 N–H and O–H groups in total. The highest BCUT2D eigenvalue weighted by Crippen LogP contribution is 2.52. The molecule has 5 heterocycles. The molecule has 0 fully saturated rings. The molecule has 0 saturated heterocycles. The molecule has 20 aromatic rings. The smallest absolute Gasteiger partial charge is 0.238 e. The Bertz CT molecular complexity index is 7120. The molecule has 0 atom stereocenters. The molecule has 2 aliphatic rings. The summed E-state index contributed by atoms with van der Waals surface area (Å²) in [5, 5.41) is 9.52. The van der Waals surface area contributed by atoms with Crippen LogP contribution in [-0.2, 0) is 10.8 Å². The van der Waals surface area contributed by atoms with Gasteiger partial charge in [0, 0.05) is 82.1 Å². The Morgan fingerprint density at radius 1 is 0.198 bits per heavy atom. The number of para-hydroxylation sites is 4. The van der Waals surface area contributed by atoms with Gasteiger partial charge in [0.15, 0.2) is 11.6 Å². The van der Waals surface area contributed by atoms with Crippen molar-refractivity contribution in [1.29, 1.82) is 0 Å². The summed E-state index contributed by atoms with van der Waals surface area (Å²) >= 11 is 0. The Hall–Kier alpha value is -13.5. The molecule has 0 aliphatic heterocycles. The number of hydrogen-bond donors (Lipinski definition) is 0. The van der Waals surface area contributed by atoms with Crippen LogP contribution in [-0.4, -0.2) is 33.2 Å². The van der Waals surface area contributed by atoms with Gasteiger partial charge in [-0.25, -0.2) is 4.98 Å². The van der Waals surface area contributed by atoms with Crippen LogP contribution >= 0.6 is 0 Å². The van der Waals surface area contributed by atoms with Crippen molar-refractivity contribution in [3.05, 3.63) is 356 Å². The monoisotopic (exact) mass is 1350 g/mol. The summed E-state index contributed by atoms with van der Waals surface area (Å²) in [6.45, 7) is 9.43. The number of nitrogens with zero attached hydrogens (tertiary/aromatic N) is 7. The molecule has 0 amide bonds. The lowest BCUT2D eigenvalue weighted by Gasteiger charge is -2.22. The fourth-order valence-corrected chi connectivity index (χ4v) is 18.2. The van der Waals surface area contributed by atoms with Crippen LogP contribution < -0.4 is 0 Å². The molecule has 498 valence electrons. The molecule has 2 aliphatic carbocycles. The molecule has 5 aromatic heterocycles. The maximum Gasteiger partial charge on any atom is 0.238 e. The summed E-state index contributed by atoms with van der Waals surface area (Å²) in [6, 6.07) is 123. The molecular weight excluding hydrogens is 1290 g/mol. The van der Waals surface area contributed by atoms with Crippen LogP contribution in [0.15, 0.2) is 334 Å². The second-order valence-electron chi connectivity index (χ2n) is 29.9. The number of hydrogen-bond acceptors (Lipinski definition) is 3. The average molecular weight is 1350 g/mol. The first-order valence-electron chi connectivity index (χ1n) is 36.7. The zero-order chi connectivity index (χ0) is 70.3. The van der Waals surface area contributed by atoms with E-state index in [9.17, 15) is 0 Å². The van der Waals surface area contributed by atoms with Gasteiger partial charge >= 0.3 is 0 Å². The highest BCUT2D eigenvalue weighted by atomic mass is 15.2. The van der Waals surface area contributed by atoms with Crippen molar-refractivity contribution in [2.75, 3.05) is 0 Å². The van der Waals surface area contributed by atoms with Gasteiger partial charge in [-0.15, -0.1) is 0 Å². The Labute approximate surface area is 612 Å². The standard InChI is InChI=1S/C99H67N7/c1-98(2)83-28-14-8-22-71(83)73-48-46-69(58-85(73)98)104-88-31-17-11-25-76(88)80-55-65(41-51-92(80)104)64-40-50-91-79(54-64)75-24-10-16-30-87(75)103(91)68-44-38-63(39-45-68)96-100-95(62-36-34-61(35-37-62)60-20-6-5-7-21-60)101-97(102-96)106-90-33-19-13-27-78(90)82-57-67(43-53-94(82)106)66-42-52-93-81(56-66)77-26-12-18-32-89(77)105(93)70-47-49-74-72-23-9-15-29-84(72)99(3,4)86(74)59-70/h5-59H,1-4H3. The molecule has 7 nitrogen and oxygen atoms in total. The van der Waals surface area contributed by atoms with E-state index in [-0.39, 0.29) is 10.8 Å². The van der Waals surface area contributed by atoms with Crippen molar-refractivity contribution in [3.63, 3.8) is 0 Å². The third kappa shape index (κ3) is 8.83. The van der Waals surface area contributed by atoms with Crippen LogP contribution in [0.3, 0.4) is 0 Å². The normalized spacial score (nSPS) is 13.4. The molecule has 0 spiro atoms. The highest BCUT2D eigenvalue weighted by molar-refractivity contribution is 6.15. The number of rotatable bonds is 9. The van der Waals surface area contributed by atoms with Crippen molar-refractivity contribution in [2.24, 2.45) is 0 Å². The molecule has 7 heteroatoms. The minimum atomic E-state index is -0.112. The van der Waals surface area contributed by atoms with Gasteiger partial charge in [0.2, 0.25) is 5.95 Å². The third-order valence-electron chi connectivity index (χ3n) is 23.5. The minimum Gasteiger partial charge on any atom is -0.309 e. The van der Waals surface area contributed by atoms with Gasteiger partial charge in [-0.2, -0.15) is 9.97 Å². The number of fused-ring (bicyclic) bond motifs is 18. The number of benzene rings is 15. The SMILES string of the molecule is CC1(C)c2ccccc2-c2ccc(-n3c4ccccc4c4cc(-c5ccc6c(c5)c5ccccc5n6-c5ccc(-c6nc(-c7ccc(-c8ccccc8)cc7)nc(-n7c8ccccc8c8cc(-c9ccc%10c(c9)c9ccccc9n%10-c9ccc%10c(c9)C(C)(C)c9ccccc9-%10)ccc87)n6)cc5)ccc43)cc21. The molecule has 22 rings (SSSR count). The summed E-state index contributed by atoms with van der Waals surface area (Å²) in [5.74, 6) is 1.71. The topological polar surface area (TPSA) is 58.4 Å². The number of aromatic nitrogens is 7. The van der Waals surface area contributed by atoms with Crippen LogP contribution in [0.1, 0.15) is 49.9 Å². The first kappa shape index (κ1) is 60.1. The van der Waals surface area contributed by atoms with E-state index in [0.29, 0.717) is 17.6 Å². The molecule has 0 radical (unpaired) electrons. The largest absolute Gasteiger partial charge is 0.309 e. The van der Waals surface area contributed by atoms with Crippen molar-refractivity contribution in [1.82, 2.24) is 33.2 Å². The van der Waals surface area contributed by atoms with Crippen LogP contribution in [0.2, 0.25) is 0 Å². The van der Waals surface area contributed by atoms with E-state index in [0.717, 1.165) is 71.9 Å². The lowest BCUT2D eigenvalue weighted by Crippen LogP contribution is -2.15.